The Morgan fingerprint density at radius 2 is 0.625 bits per heavy atom. The molecule has 0 aliphatic carbocycles. The number of nitrogens with zero attached hydrogens (tertiary/aromatic N) is 7. The third-order valence-electron chi connectivity index (χ3n) is 27.3. The van der Waals surface area contributed by atoms with Gasteiger partial charge in [0.05, 0.1) is 98.1 Å². The van der Waals surface area contributed by atoms with Crippen molar-refractivity contribution in [1.29, 1.82) is 0 Å². The topological polar surface area (TPSA) is 87.3 Å². The normalized spacial score (nSPS) is 17.1. The van der Waals surface area contributed by atoms with Crippen molar-refractivity contribution in [2.24, 2.45) is 0 Å². The number of halogens is 10. The van der Waals surface area contributed by atoms with Gasteiger partial charge < -0.3 is 33.2 Å². The lowest BCUT2D eigenvalue weighted by atomic mass is 9.95. The van der Waals surface area contributed by atoms with Gasteiger partial charge in [0.1, 0.15) is 0 Å². The van der Waals surface area contributed by atoms with Crippen molar-refractivity contribution < 1.29 is 46.3 Å². The fourth-order valence-corrected chi connectivity index (χ4v) is 21.1. The molecule has 14 nitrogen and oxygen atoms in total. The number of benzene rings is 7. The van der Waals surface area contributed by atoms with Crippen molar-refractivity contribution in [2.75, 3.05) is 230 Å². The molecule has 0 unspecified atom stereocenters. The zero-order valence-corrected chi connectivity index (χ0v) is 91.4. The highest BCUT2D eigenvalue weighted by Gasteiger charge is 2.35. The van der Waals surface area contributed by atoms with Gasteiger partial charge in [0, 0.05) is 173 Å². The molecule has 0 bridgehead atoms. The molecule has 760 valence electrons. The summed E-state index contributed by atoms with van der Waals surface area (Å²) in [7, 11) is 0. The molecule has 7 heterocycles. The van der Waals surface area contributed by atoms with Crippen LogP contribution in [0.1, 0.15) is 255 Å². The van der Waals surface area contributed by atoms with Crippen molar-refractivity contribution >= 4 is 81.2 Å². The van der Waals surface area contributed by atoms with E-state index < -0.39 is 11.7 Å². The molecule has 0 amide bonds. The van der Waals surface area contributed by atoms with Crippen LogP contribution >= 0.6 is 81.2 Å². The van der Waals surface area contributed by atoms with Crippen molar-refractivity contribution in [2.45, 2.75) is 231 Å². The highest BCUT2D eigenvalue weighted by Crippen LogP contribution is 2.40. The van der Waals surface area contributed by atoms with E-state index in [4.69, 9.17) is 114 Å². The highest BCUT2D eigenvalue weighted by atomic mass is 35.5. The number of alkyl halides is 3. The quantitative estimate of drug-likeness (QED) is 0.0466. The number of morpholine rings is 7. The fraction of sp³-hybridized carbons (Fsp3) is 0.625. The molecule has 14 rings (SSSR count). The van der Waals surface area contributed by atoms with Gasteiger partial charge in [-0.2, -0.15) is 13.2 Å². The number of hydrogen-bond acceptors (Lipinski definition) is 14. The molecule has 0 radical (unpaired) electrons. The Balaban J connectivity index is 0.000000195. The monoisotopic (exact) mass is 2020 g/mol. The summed E-state index contributed by atoms with van der Waals surface area (Å²) < 4.78 is 77.4. The SMILES string of the molecule is CC(C)c1cc(C(F)(F)F)c(CCN2CCOCC2)cc1Cl.Cc1c(C(C)C)ccc(CCN2CCOCC2)c1Cl.Cc1c(CCN2CCOCC2)ccc(C(C)C)c1Cl.Cc1cc(C(C)C)c(Cl)cc1CCN1CCOCC1.Cc1cc(C(C)C)cc(Cl)c1CCN1CCOCC1.Cc1cc(CCN2CCOCC2)c(Cl)cc1C(C)C.Cc1cc(CCN2CCOCC2)cc(Cl)c1C(C)C. The van der Waals surface area contributed by atoms with Gasteiger partial charge in [-0.15, -0.1) is 0 Å². The summed E-state index contributed by atoms with van der Waals surface area (Å²) in [4.78, 5) is 16.9. The minimum Gasteiger partial charge on any atom is -0.379 e. The molecule has 7 aromatic carbocycles. The van der Waals surface area contributed by atoms with Crippen LogP contribution in [-0.4, -0.2) is 264 Å². The first-order valence-corrected chi connectivity index (χ1v) is 53.1. The molecular weight excluding hydrogens is 1860 g/mol. The Kier molecular flexibility index (Phi) is 52.1. The van der Waals surface area contributed by atoms with E-state index in [2.05, 4.69) is 232 Å². The first-order chi connectivity index (χ1) is 64.8. The third-order valence-corrected chi connectivity index (χ3v) is 29.9. The summed E-state index contributed by atoms with van der Waals surface area (Å²) in [6, 6.07) is 29.2. The zero-order valence-electron chi connectivity index (χ0n) is 86.1. The standard InChI is InChI=1S/C16H21ClF3NO.6C16H24ClNO/c1-11(2)13-10-14(16(18,19)20)12(9-15(13)17)3-4-21-5-7-22-8-6-21;1-12(2)14-10-13(3)15(16(17)11-14)4-5-18-6-8-19-9-7-18;1-12(2)15-10-13(3)14(11-16(15)17)4-5-18-6-8-19-9-7-18;1-12(2)15-11-16(17)14(10-13(15)3)4-5-18-6-8-19-9-7-18;1-12(2)16-13(3)10-14(11-15(16)17)4-5-18-6-8-19-9-7-18;1-12(2)15-5-4-14(16(17)13(15)3)6-7-18-8-10-19-11-9-18;1-12(2)15-5-4-14(13(3)16(15)17)6-7-18-8-10-19-11-9-18/h9-11H,3-8H2,1-2H3;4*10-12H,4-9H2,1-3H3;2*4-5,12H,6-11H2,1-3H3. The Morgan fingerprint density at radius 3 is 1.01 bits per heavy atom. The first-order valence-electron chi connectivity index (χ1n) is 50.5. The second-order valence-electron chi connectivity index (χ2n) is 39.8. The van der Waals surface area contributed by atoms with Gasteiger partial charge in [-0.1, -0.05) is 227 Å². The predicted molar refractivity (Wildman–Crippen MR) is 569 cm³/mol. The fourth-order valence-electron chi connectivity index (χ4n) is 18.5. The maximum absolute atomic E-state index is 13.3. The number of ether oxygens (including phenoxy) is 7. The van der Waals surface area contributed by atoms with Gasteiger partial charge in [-0.3, -0.25) is 34.3 Å². The molecule has 7 saturated heterocycles. The summed E-state index contributed by atoms with van der Waals surface area (Å²) >= 11 is 44.8. The van der Waals surface area contributed by atoms with E-state index in [9.17, 15) is 13.2 Å². The van der Waals surface area contributed by atoms with Gasteiger partial charge in [0.25, 0.3) is 0 Å². The van der Waals surface area contributed by atoms with Crippen LogP contribution in [0.2, 0.25) is 35.2 Å². The lowest BCUT2D eigenvalue weighted by molar-refractivity contribution is -0.138. The van der Waals surface area contributed by atoms with Crippen LogP contribution in [-0.2, 0) is 84.3 Å². The van der Waals surface area contributed by atoms with Crippen LogP contribution in [0.3, 0.4) is 0 Å². The molecule has 0 atom stereocenters. The molecule has 24 heteroatoms. The summed E-state index contributed by atoms with van der Waals surface area (Å²) in [6.45, 7) is 75.9. The van der Waals surface area contributed by atoms with Gasteiger partial charge in [0.15, 0.2) is 0 Å². The lowest BCUT2D eigenvalue weighted by Crippen LogP contribution is -2.37. The maximum Gasteiger partial charge on any atom is 0.416 e. The Morgan fingerprint density at radius 1 is 0.265 bits per heavy atom. The summed E-state index contributed by atoms with van der Waals surface area (Å²) in [5.74, 6) is 3.02. The second kappa shape index (κ2) is 60.5. The molecule has 0 N–H and O–H groups in total. The van der Waals surface area contributed by atoms with Gasteiger partial charge in [-0.05, 0) is 276 Å². The molecule has 0 aromatic heterocycles. The second-order valence-corrected chi connectivity index (χ2v) is 42.5. The Bertz CT molecular complexity index is 4440. The molecule has 7 aliphatic rings. The maximum atomic E-state index is 13.3. The molecule has 136 heavy (non-hydrogen) atoms. The molecule has 0 spiro atoms. The minimum absolute atomic E-state index is 0.0399. The van der Waals surface area contributed by atoms with Crippen LogP contribution in [0.15, 0.2) is 84.9 Å². The van der Waals surface area contributed by atoms with Crippen molar-refractivity contribution in [3.8, 4) is 0 Å². The number of aryl methyl sites for hydroxylation is 4. The van der Waals surface area contributed by atoms with Crippen molar-refractivity contribution in [3.63, 3.8) is 0 Å². The summed E-state index contributed by atoms with van der Waals surface area (Å²) in [5.41, 5.74) is 23.9. The van der Waals surface area contributed by atoms with Crippen molar-refractivity contribution in [1.82, 2.24) is 34.3 Å². The van der Waals surface area contributed by atoms with Gasteiger partial charge in [-0.25, -0.2) is 0 Å². The van der Waals surface area contributed by atoms with Crippen LogP contribution in [0.4, 0.5) is 13.2 Å². The average Bonchev–Trinajstić information content (AvgIpc) is 0.792. The van der Waals surface area contributed by atoms with E-state index in [1.54, 1.807) is 0 Å². The Labute approximate surface area is 853 Å². The third kappa shape index (κ3) is 39.1. The molecule has 0 saturated carbocycles. The number of hydrogen-bond donors (Lipinski definition) is 0. The molecule has 7 aromatic rings. The molecular formula is C112H165Cl7F3N7O7. The summed E-state index contributed by atoms with van der Waals surface area (Å²) in [6.07, 6.45) is 2.29. The average molecular weight is 2030 g/mol. The van der Waals surface area contributed by atoms with E-state index in [1.165, 1.54) is 112 Å². The Hall–Kier alpha value is -4.20. The zero-order chi connectivity index (χ0) is 99.3. The van der Waals surface area contributed by atoms with Gasteiger partial charge in [0.2, 0.25) is 0 Å². The number of rotatable bonds is 28. The van der Waals surface area contributed by atoms with Crippen LogP contribution in [0.5, 0.6) is 0 Å². The van der Waals surface area contributed by atoms with E-state index in [0.717, 1.165) is 279 Å². The molecule has 7 aliphatic heterocycles. The lowest BCUT2D eigenvalue weighted by Gasteiger charge is -2.27. The summed E-state index contributed by atoms with van der Waals surface area (Å²) in [5, 5.41) is 6.01. The van der Waals surface area contributed by atoms with E-state index in [-0.39, 0.29) is 11.5 Å². The van der Waals surface area contributed by atoms with Crippen molar-refractivity contribution in [3.05, 3.63) is 237 Å². The predicted octanol–water partition coefficient (Wildman–Crippen LogP) is 26.2. The van der Waals surface area contributed by atoms with Gasteiger partial charge >= 0.3 is 6.18 Å². The van der Waals surface area contributed by atoms with Crippen LogP contribution in [0, 0.1) is 41.5 Å². The van der Waals surface area contributed by atoms with Crippen LogP contribution < -0.4 is 0 Å². The smallest absolute Gasteiger partial charge is 0.379 e. The van der Waals surface area contributed by atoms with Crippen LogP contribution in [0.25, 0.3) is 0 Å². The highest BCUT2D eigenvalue weighted by molar-refractivity contribution is 6.34. The van der Waals surface area contributed by atoms with E-state index in [1.807, 2.05) is 13.8 Å². The largest absolute Gasteiger partial charge is 0.416 e. The van der Waals surface area contributed by atoms with E-state index in [0.29, 0.717) is 72.3 Å². The van der Waals surface area contributed by atoms with E-state index >= 15 is 0 Å². The minimum atomic E-state index is -4.35. The first kappa shape index (κ1) is 117. The molecule has 7 fully saturated rings.